The molecule has 0 fully saturated rings. The molecule has 0 aliphatic heterocycles. The number of carbonyl (C=O) groups excluding carboxylic acids is 1. The number of rotatable bonds is 4. The van der Waals surface area contributed by atoms with E-state index in [1.165, 1.54) is 18.2 Å². The second-order valence-corrected chi connectivity index (χ2v) is 13.2. The number of hydrogen-bond donors (Lipinski definition) is 0. The van der Waals surface area contributed by atoms with Crippen LogP contribution in [0.25, 0.3) is 0 Å². The van der Waals surface area contributed by atoms with Gasteiger partial charge in [-0.25, -0.2) is 0 Å². The van der Waals surface area contributed by atoms with Gasteiger partial charge in [-0.2, -0.15) is 0 Å². The van der Waals surface area contributed by atoms with Crippen molar-refractivity contribution in [2.75, 3.05) is 7.11 Å². The molecule has 1 aliphatic carbocycles. The zero-order valence-corrected chi connectivity index (χ0v) is 16.6. The maximum absolute atomic E-state index is 11.7. The molecular weight excluding hydrogens is 304 g/mol. The quantitative estimate of drug-likeness (QED) is 0.584. The summed E-state index contributed by atoms with van der Waals surface area (Å²) in [6.07, 6.45) is 2.43. The Hall–Kier alpha value is -1.29. The van der Waals surface area contributed by atoms with E-state index in [2.05, 4.69) is 59.0 Å². The predicted molar refractivity (Wildman–Crippen MR) is 96.6 cm³/mol. The highest BCUT2D eigenvalue weighted by molar-refractivity contribution is 6.74. The highest BCUT2D eigenvalue weighted by Crippen LogP contribution is 2.44. The Bertz CT molecular complexity index is 601. The summed E-state index contributed by atoms with van der Waals surface area (Å²) < 4.78 is 11.3. The summed E-state index contributed by atoms with van der Waals surface area (Å²) in [5.74, 6) is 0.833. The van der Waals surface area contributed by atoms with Crippen LogP contribution < -0.4 is 4.43 Å². The molecule has 0 spiro atoms. The molecule has 0 amide bonds. The molecule has 1 unspecified atom stereocenters. The summed E-state index contributed by atoms with van der Waals surface area (Å²) in [6.45, 7) is 13.4. The number of methoxy groups -OCH3 is 1. The average Bonchev–Trinajstić information content (AvgIpc) is 2.74. The second kappa shape index (κ2) is 5.97. The molecule has 1 aromatic carbocycles. The third kappa shape index (κ3) is 3.63. The van der Waals surface area contributed by atoms with E-state index in [4.69, 9.17) is 9.16 Å². The highest BCUT2D eigenvalue weighted by atomic mass is 28.4. The van der Waals surface area contributed by atoms with Gasteiger partial charge in [-0.15, -0.1) is 0 Å². The van der Waals surface area contributed by atoms with Gasteiger partial charge in [-0.1, -0.05) is 33.8 Å². The fraction of sp³-hybridized carbons (Fsp3) is 0.632. The van der Waals surface area contributed by atoms with Gasteiger partial charge in [0.2, 0.25) is 8.32 Å². The summed E-state index contributed by atoms with van der Waals surface area (Å²) in [5, 5.41) is 0.186. The number of ether oxygens (including phenoxy) is 1. The van der Waals surface area contributed by atoms with Crippen molar-refractivity contribution < 1.29 is 14.0 Å². The van der Waals surface area contributed by atoms with Crippen molar-refractivity contribution in [3.8, 4) is 5.75 Å². The molecule has 0 bridgehead atoms. The van der Waals surface area contributed by atoms with Crippen molar-refractivity contribution in [1.82, 2.24) is 0 Å². The van der Waals surface area contributed by atoms with E-state index in [1.54, 1.807) is 0 Å². The molecule has 2 rings (SSSR count). The first-order chi connectivity index (χ1) is 10.5. The molecular formula is C19H30O3Si. The molecule has 1 atom stereocenters. The van der Waals surface area contributed by atoms with Crippen molar-refractivity contribution in [2.45, 2.75) is 70.5 Å². The van der Waals surface area contributed by atoms with Crippen molar-refractivity contribution in [3.05, 3.63) is 29.3 Å². The van der Waals surface area contributed by atoms with Crippen LogP contribution in [0.15, 0.2) is 18.2 Å². The number of benzene rings is 1. The van der Waals surface area contributed by atoms with Gasteiger partial charge in [0.1, 0.15) is 5.75 Å². The molecule has 0 aromatic heterocycles. The molecule has 1 aliphatic rings. The van der Waals surface area contributed by atoms with E-state index in [1.807, 2.05) is 0 Å². The van der Waals surface area contributed by atoms with Gasteiger partial charge in [0.05, 0.1) is 13.5 Å². The van der Waals surface area contributed by atoms with E-state index in [0.29, 0.717) is 6.42 Å². The van der Waals surface area contributed by atoms with E-state index in [-0.39, 0.29) is 16.4 Å². The van der Waals surface area contributed by atoms with Crippen LogP contribution >= 0.6 is 0 Å². The molecule has 0 saturated carbocycles. The Balaban J connectivity index is 2.24. The minimum atomic E-state index is -1.82. The van der Waals surface area contributed by atoms with Crippen LogP contribution in [-0.4, -0.2) is 21.4 Å². The van der Waals surface area contributed by atoms with Crippen LogP contribution in [0.5, 0.6) is 5.75 Å². The minimum Gasteiger partial charge on any atom is -0.543 e. The van der Waals surface area contributed by atoms with Crippen LogP contribution in [0.3, 0.4) is 0 Å². The SMILES string of the molecule is COC(=O)CC1(C)CCc2cc(O[Si](C)(C)C(C)(C)C)ccc21. The topological polar surface area (TPSA) is 35.5 Å². The maximum atomic E-state index is 11.7. The Morgan fingerprint density at radius 2 is 1.96 bits per heavy atom. The first kappa shape index (κ1) is 18.1. The van der Waals surface area contributed by atoms with Crippen LogP contribution in [0.2, 0.25) is 18.1 Å². The number of carbonyl (C=O) groups is 1. The predicted octanol–water partition coefficient (Wildman–Crippen LogP) is 4.84. The summed E-state index contributed by atoms with van der Waals surface area (Å²) in [5.41, 5.74) is 2.47. The molecule has 0 saturated heterocycles. The fourth-order valence-electron chi connectivity index (χ4n) is 3.00. The van der Waals surface area contributed by atoms with Crippen LogP contribution in [-0.2, 0) is 21.4 Å². The lowest BCUT2D eigenvalue weighted by Crippen LogP contribution is -2.43. The second-order valence-electron chi connectivity index (χ2n) is 8.49. The Kier molecular flexibility index (Phi) is 4.68. The highest BCUT2D eigenvalue weighted by Gasteiger charge is 2.40. The van der Waals surface area contributed by atoms with Gasteiger partial charge in [0.25, 0.3) is 0 Å². The third-order valence-corrected chi connectivity index (χ3v) is 9.97. The lowest BCUT2D eigenvalue weighted by Gasteiger charge is -2.36. The molecule has 0 N–H and O–H groups in total. The van der Waals surface area contributed by atoms with Gasteiger partial charge >= 0.3 is 5.97 Å². The standard InChI is InChI=1S/C19H30O3Si/c1-18(2,3)23(6,7)22-15-8-9-16-14(12-15)10-11-19(16,4)13-17(20)21-5/h8-9,12H,10-11,13H2,1-7H3. The molecule has 3 nitrogen and oxygen atoms in total. The molecule has 4 heteroatoms. The van der Waals surface area contributed by atoms with Gasteiger partial charge < -0.3 is 9.16 Å². The minimum absolute atomic E-state index is 0.113. The number of hydrogen-bond acceptors (Lipinski definition) is 3. The van der Waals surface area contributed by atoms with Gasteiger partial charge in [-0.3, -0.25) is 4.79 Å². The molecule has 1 aromatic rings. The fourth-order valence-corrected chi connectivity index (χ4v) is 4.02. The van der Waals surface area contributed by atoms with Crippen molar-refractivity contribution in [3.63, 3.8) is 0 Å². The van der Waals surface area contributed by atoms with Crippen molar-refractivity contribution in [1.29, 1.82) is 0 Å². The summed E-state index contributed by atoms with van der Waals surface area (Å²) in [6, 6.07) is 6.40. The van der Waals surface area contributed by atoms with Crippen molar-refractivity contribution in [2.24, 2.45) is 0 Å². The van der Waals surface area contributed by atoms with Crippen LogP contribution in [0.1, 0.15) is 51.7 Å². The average molecular weight is 335 g/mol. The number of esters is 1. The first-order valence-corrected chi connectivity index (χ1v) is 11.3. The van der Waals surface area contributed by atoms with Gasteiger partial charge in [0, 0.05) is 5.41 Å². The molecule has 128 valence electrons. The van der Waals surface area contributed by atoms with Crippen LogP contribution in [0.4, 0.5) is 0 Å². The van der Waals surface area contributed by atoms with Crippen molar-refractivity contribution >= 4 is 14.3 Å². The summed E-state index contributed by atoms with van der Waals surface area (Å²) in [7, 11) is -0.364. The molecule has 0 radical (unpaired) electrons. The number of aryl methyl sites for hydroxylation is 1. The van der Waals surface area contributed by atoms with Crippen LogP contribution in [0, 0.1) is 0 Å². The maximum Gasteiger partial charge on any atom is 0.306 e. The summed E-state index contributed by atoms with van der Waals surface area (Å²) in [4.78, 5) is 11.7. The molecule has 0 heterocycles. The number of fused-ring (bicyclic) bond motifs is 1. The Morgan fingerprint density at radius 3 is 2.52 bits per heavy atom. The zero-order chi connectivity index (χ0) is 17.5. The van der Waals surface area contributed by atoms with Gasteiger partial charge in [-0.05, 0) is 54.2 Å². The smallest absolute Gasteiger partial charge is 0.306 e. The zero-order valence-electron chi connectivity index (χ0n) is 15.6. The van der Waals surface area contributed by atoms with E-state index in [9.17, 15) is 4.79 Å². The normalized spacial score (nSPS) is 21.0. The molecule has 23 heavy (non-hydrogen) atoms. The Labute approximate surface area is 141 Å². The van der Waals surface area contributed by atoms with E-state index >= 15 is 0 Å². The summed E-state index contributed by atoms with van der Waals surface area (Å²) >= 11 is 0. The lowest BCUT2D eigenvalue weighted by atomic mass is 9.81. The lowest BCUT2D eigenvalue weighted by molar-refractivity contribution is -0.142. The van der Waals surface area contributed by atoms with E-state index in [0.717, 1.165) is 18.6 Å². The first-order valence-electron chi connectivity index (χ1n) is 8.38. The monoisotopic (exact) mass is 334 g/mol. The third-order valence-electron chi connectivity index (χ3n) is 5.61. The Morgan fingerprint density at radius 1 is 1.30 bits per heavy atom. The van der Waals surface area contributed by atoms with E-state index < -0.39 is 8.32 Å². The van der Waals surface area contributed by atoms with Gasteiger partial charge in [0.15, 0.2) is 0 Å². The largest absolute Gasteiger partial charge is 0.543 e.